The molecule has 1 heterocycles. The molecule has 0 radical (unpaired) electrons. The van der Waals surface area contributed by atoms with Crippen LogP contribution in [0.15, 0.2) is 0 Å². The van der Waals surface area contributed by atoms with E-state index < -0.39 is 24.9 Å². The first-order valence-electron chi connectivity index (χ1n) is 2.79. The fourth-order valence-electron chi connectivity index (χ4n) is 0.965. The van der Waals surface area contributed by atoms with Crippen molar-refractivity contribution < 1.29 is 17.6 Å². The second kappa shape index (κ2) is 1.84. The lowest BCUT2D eigenvalue weighted by Crippen LogP contribution is -2.38. The summed E-state index contributed by atoms with van der Waals surface area (Å²) in [6.07, 6.45) is 0. The summed E-state index contributed by atoms with van der Waals surface area (Å²) < 4.78 is 48.7. The molecule has 0 spiro atoms. The zero-order valence-corrected chi connectivity index (χ0v) is 5.37. The Morgan fingerprint density at radius 1 is 1.00 bits per heavy atom. The molecule has 0 unspecified atom stereocenters. The monoisotopic (exact) mass is 157 g/mol. The first-order chi connectivity index (χ1) is 4.35. The second-order valence-electron chi connectivity index (χ2n) is 2.58. The van der Waals surface area contributed by atoms with E-state index in [0.717, 1.165) is 4.90 Å². The summed E-state index contributed by atoms with van der Waals surface area (Å²) >= 11 is 0. The molecule has 5 heteroatoms. The van der Waals surface area contributed by atoms with E-state index in [0.29, 0.717) is 0 Å². The Morgan fingerprint density at radius 2 is 1.30 bits per heavy atom. The highest BCUT2D eigenvalue weighted by Crippen LogP contribution is 2.39. The molecular weight excluding hydrogens is 150 g/mol. The van der Waals surface area contributed by atoms with Gasteiger partial charge in [0.25, 0.3) is 0 Å². The largest absolute Gasteiger partial charge is 0.323 e. The molecule has 0 aromatic rings. The van der Waals surface area contributed by atoms with Gasteiger partial charge in [0.2, 0.25) is 0 Å². The SMILES string of the molecule is CN1CC(F)(F)C(F)(F)C1. The molecule has 0 aliphatic carbocycles. The summed E-state index contributed by atoms with van der Waals surface area (Å²) in [4.78, 5) is 0.917. The van der Waals surface area contributed by atoms with Gasteiger partial charge in [0.05, 0.1) is 13.1 Å². The topological polar surface area (TPSA) is 3.24 Å². The Hall–Kier alpha value is -0.320. The number of likely N-dealkylation sites (tertiary alicyclic amines) is 1. The predicted octanol–water partition coefficient (Wildman–Crippen LogP) is 1.20. The Balaban J connectivity index is 2.78. The van der Waals surface area contributed by atoms with Gasteiger partial charge in [-0.1, -0.05) is 0 Å². The van der Waals surface area contributed by atoms with Gasteiger partial charge >= 0.3 is 11.8 Å². The first kappa shape index (κ1) is 7.78. The van der Waals surface area contributed by atoms with Crippen LogP contribution in [0, 0.1) is 0 Å². The van der Waals surface area contributed by atoms with Crippen molar-refractivity contribution in [3.63, 3.8) is 0 Å². The van der Waals surface area contributed by atoms with Crippen molar-refractivity contribution in [3.8, 4) is 0 Å². The summed E-state index contributed by atoms with van der Waals surface area (Å²) in [5.41, 5.74) is 0. The average molecular weight is 157 g/mol. The van der Waals surface area contributed by atoms with Crippen LogP contribution in [0.5, 0.6) is 0 Å². The van der Waals surface area contributed by atoms with Crippen molar-refractivity contribution in [2.45, 2.75) is 11.8 Å². The van der Waals surface area contributed by atoms with Gasteiger partial charge in [0, 0.05) is 0 Å². The summed E-state index contributed by atoms with van der Waals surface area (Å²) in [6, 6.07) is 0. The van der Waals surface area contributed by atoms with Crippen LogP contribution in [0.4, 0.5) is 17.6 Å². The predicted molar refractivity (Wildman–Crippen MR) is 27.4 cm³/mol. The Morgan fingerprint density at radius 3 is 1.40 bits per heavy atom. The summed E-state index contributed by atoms with van der Waals surface area (Å²) in [5.74, 6) is -7.69. The van der Waals surface area contributed by atoms with Crippen molar-refractivity contribution in [1.82, 2.24) is 4.90 Å². The molecule has 10 heavy (non-hydrogen) atoms. The van der Waals surface area contributed by atoms with Crippen LogP contribution in [0.2, 0.25) is 0 Å². The van der Waals surface area contributed by atoms with Crippen molar-refractivity contribution >= 4 is 0 Å². The van der Waals surface area contributed by atoms with Gasteiger partial charge in [0.15, 0.2) is 0 Å². The highest BCUT2D eigenvalue weighted by atomic mass is 19.3. The van der Waals surface area contributed by atoms with Crippen LogP contribution in [-0.2, 0) is 0 Å². The van der Waals surface area contributed by atoms with Crippen LogP contribution in [0.1, 0.15) is 0 Å². The number of alkyl halides is 4. The van der Waals surface area contributed by atoms with E-state index in [1.807, 2.05) is 0 Å². The minimum atomic E-state index is -3.85. The van der Waals surface area contributed by atoms with Crippen molar-refractivity contribution in [2.75, 3.05) is 20.1 Å². The van der Waals surface area contributed by atoms with Gasteiger partial charge < -0.3 is 0 Å². The lowest BCUT2D eigenvalue weighted by Gasteiger charge is -2.15. The van der Waals surface area contributed by atoms with Crippen molar-refractivity contribution in [2.24, 2.45) is 0 Å². The molecule has 0 saturated carbocycles. The normalized spacial score (nSPS) is 30.9. The third kappa shape index (κ3) is 0.982. The Bertz CT molecular complexity index is 129. The van der Waals surface area contributed by atoms with E-state index in [1.165, 1.54) is 7.05 Å². The van der Waals surface area contributed by atoms with Gasteiger partial charge in [0.1, 0.15) is 0 Å². The van der Waals surface area contributed by atoms with Crippen LogP contribution in [0.3, 0.4) is 0 Å². The highest BCUT2D eigenvalue weighted by Gasteiger charge is 2.61. The molecule has 60 valence electrons. The Kier molecular flexibility index (Phi) is 1.43. The molecule has 0 amide bonds. The third-order valence-corrected chi connectivity index (χ3v) is 1.47. The molecule has 1 saturated heterocycles. The number of hydrogen-bond acceptors (Lipinski definition) is 1. The fourth-order valence-corrected chi connectivity index (χ4v) is 0.965. The molecule has 0 aromatic carbocycles. The zero-order chi connectivity index (χ0) is 7.99. The number of hydrogen-bond donors (Lipinski definition) is 0. The summed E-state index contributed by atoms with van der Waals surface area (Å²) in [5, 5.41) is 0. The molecule has 1 aliphatic heterocycles. The maximum absolute atomic E-state index is 12.2. The van der Waals surface area contributed by atoms with E-state index in [4.69, 9.17) is 0 Å². The summed E-state index contributed by atoms with van der Waals surface area (Å²) in [6.45, 7) is -1.69. The van der Waals surface area contributed by atoms with Gasteiger partial charge in [-0.05, 0) is 7.05 Å². The molecule has 1 nitrogen and oxygen atoms in total. The fraction of sp³-hybridized carbons (Fsp3) is 1.00. The van der Waals surface area contributed by atoms with Gasteiger partial charge in [-0.25, -0.2) is 0 Å². The van der Waals surface area contributed by atoms with Crippen LogP contribution in [-0.4, -0.2) is 36.9 Å². The van der Waals surface area contributed by atoms with E-state index >= 15 is 0 Å². The number of nitrogens with zero attached hydrogens (tertiary/aromatic N) is 1. The smallest absolute Gasteiger partial charge is 0.294 e. The van der Waals surface area contributed by atoms with Crippen molar-refractivity contribution in [1.29, 1.82) is 0 Å². The molecule has 1 aliphatic rings. The van der Waals surface area contributed by atoms with Crippen LogP contribution < -0.4 is 0 Å². The van der Waals surface area contributed by atoms with E-state index in [2.05, 4.69) is 0 Å². The van der Waals surface area contributed by atoms with Gasteiger partial charge in [-0.2, -0.15) is 17.6 Å². The molecule has 0 atom stereocenters. The maximum Gasteiger partial charge on any atom is 0.323 e. The lowest BCUT2D eigenvalue weighted by molar-refractivity contribution is -0.172. The van der Waals surface area contributed by atoms with E-state index in [9.17, 15) is 17.6 Å². The van der Waals surface area contributed by atoms with Crippen molar-refractivity contribution in [3.05, 3.63) is 0 Å². The molecular formula is C5H7F4N. The Labute approximate surface area is 55.6 Å². The molecule has 0 N–H and O–H groups in total. The average Bonchev–Trinajstić information content (AvgIpc) is 1.73. The van der Waals surface area contributed by atoms with Gasteiger partial charge in [-0.15, -0.1) is 0 Å². The molecule has 1 rings (SSSR count). The van der Waals surface area contributed by atoms with Crippen LogP contribution >= 0.6 is 0 Å². The lowest BCUT2D eigenvalue weighted by atomic mass is 10.2. The minimum Gasteiger partial charge on any atom is -0.294 e. The molecule has 1 fully saturated rings. The van der Waals surface area contributed by atoms with E-state index in [-0.39, 0.29) is 0 Å². The summed E-state index contributed by atoms with van der Waals surface area (Å²) in [7, 11) is 1.24. The van der Waals surface area contributed by atoms with Crippen LogP contribution in [0.25, 0.3) is 0 Å². The highest BCUT2D eigenvalue weighted by molar-refractivity contribution is 4.95. The van der Waals surface area contributed by atoms with Gasteiger partial charge in [-0.3, -0.25) is 4.90 Å². The minimum absolute atomic E-state index is 0.847. The maximum atomic E-state index is 12.2. The molecule has 0 bridgehead atoms. The standard InChI is InChI=1S/C5H7F4N/c1-10-2-4(6,7)5(8,9)3-10/h2-3H2,1H3. The molecule has 0 aromatic heterocycles. The quantitative estimate of drug-likeness (QED) is 0.477. The number of halogens is 4. The van der Waals surface area contributed by atoms with E-state index in [1.54, 1.807) is 0 Å². The number of rotatable bonds is 0. The zero-order valence-electron chi connectivity index (χ0n) is 5.37. The second-order valence-corrected chi connectivity index (χ2v) is 2.58. The first-order valence-corrected chi connectivity index (χ1v) is 2.79. The third-order valence-electron chi connectivity index (χ3n) is 1.47.